The van der Waals surface area contributed by atoms with Gasteiger partial charge in [-0.1, -0.05) is 6.08 Å². The van der Waals surface area contributed by atoms with Gasteiger partial charge in [0.1, 0.15) is 5.75 Å². The van der Waals surface area contributed by atoms with Gasteiger partial charge in [0.25, 0.3) is 5.09 Å². The van der Waals surface area contributed by atoms with E-state index in [2.05, 4.69) is 22.5 Å². The average Bonchev–Trinajstić information content (AvgIpc) is 2.72. The molecule has 2 N–H and O–H groups in total. The Morgan fingerprint density at radius 2 is 2.21 bits per heavy atom. The largest absolute Gasteiger partial charge is 0.497 e. The van der Waals surface area contributed by atoms with Crippen LogP contribution in [0.25, 0.3) is 10.9 Å². The maximum Gasteiger partial charge on any atom is 0.291 e. The zero-order valence-corrected chi connectivity index (χ0v) is 15.8. The first-order valence-electron chi connectivity index (χ1n) is 9.25. The molecule has 8 heteroatoms. The van der Waals surface area contributed by atoms with Crippen molar-refractivity contribution < 1.29 is 20.1 Å². The number of methoxy groups -OCH3 is 1. The lowest BCUT2D eigenvalue weighted by molar-refractivity contribution is -0.742. The predicted octanol–water partition coefficient (Wildman–Crippen LogP) is 2.83. The van der Waals surface area contributed by atoms with E-state index in [1.165, 1.54) is 6.42 Å². The van der Waals surface area contributed by atoms with E-state index in [9.17, 15) is 5.11 Å². The van der Waals surface area contributed by atoms with E-state index < -0.39 is 11.2 Å². The minimum absolute atomic E-state index is 0.178. The van der Waals surface area contributed by atoms with Gasteiger partial charge in [-0.3, -0.25) is 9.88 Å². The van der Waals surface area contributed by atoms with Gasteiger partial charge in [0.05, 0.1) is 18.7 Å². The summed E-state index contributed by atoms with van der Waals surface area (Å²) in [5.41, 5.74) is 1.85. The topological polar surface area (TPSA) is 109 Å². The highest BCUT2D eigenvalue weighted by Crippen LogP contribution is 2.42. The van der Waals surface area contributed by atoms with Crippen molar-refractivity contribution in [3.63, 3.8) is 0 Å². The summed E-state index contributed by atoms with van der Waals surface area (Å²) in [6, 6.07) is 7.96. The molecule has 4 heterocycles. The Kier molecular flexibility index (Phi) is 6.11. The lowest BCUT2D eigenvalue weighted by Gasteiger charge is -2.50. The van der Waals surface area contributed by atoms with E-state index >= 15 is 0 Å². The second kappa shape index (κ2) is 8.53. The third kappa shape index (κ3) is 4.07. The summed E-state index contributed by atoms with van der Waals surface area (Å²) in [6.45, 7) is 6.07. The lowest BCUT2D eigenvalue weighted by atomic mass is 9.73. The van der Waals surface area contributed by atoms with E-state index in [0.717, 1.165) is 41.7 Å². The van der Waals surface area contributed by atoms with Gasteiger partial charge in [-0.25, -0.2) is 0 Å². The number of rotatable bonds is 4. The van der Waals surface area contributed by atoms with Crippen LogP contribution in [-0.4, -0.2) is 51.5 Å². The third-order valence-corrected chi connectivity index (χ3v) is 5.82. The molecule has 28 heavy (non-hydrogen) atoms. The number of aliphatic hydroxyl groups excluding tert-OH is 1. The molecule has 1 aromatic heterocycles. The van der Waals surface area contributed by atoms with Gasteiger partial charge in [-0.05, 0) is 61.1 Å². The van der Waals surface area contributed by atoms with Crippen LogP contribution in [-0.2, 0) is 0 Å². The van der Waals surface area contributed by atoms with E-state index in [0.29, 0.717) is 11.8 Å². The molecule has 2 aromatic rings. The van der Waals surface area contributed by atoms with E-state index in [1.807, 2.05) is 24.3 Å². The monoisotopic (exact) mass is 387 g/mol. The molecular formula is C20H25N3O5. The van der Waals surface area contributed by atoms with E-state index in [4.69, 9.17) is 20.1 Å². The van der Waals surface area contributed by atoms with Crippen molar-refractivity contribution in [1.82, 2.24) is 9.88 Å². The van der Waals surface area contributed by atoms with Crippen molar-refractivity contribution in [2.75, 3.05) is 20.2 Å². The second-order valence-electron chi connectivity index (χ2n) is 7.21. The fourth-order valence-corrected chi connectivity index (χ4v) is 4.44. The van der Waals surface area contributed by atoms with Gasteiger partial charge in [-0.2, -0.15) is 0 Å². The Morgan fingerprint density at radius 3 is 2.82 bits per heavy atom. The zero-order chi connectivity index (χ0) is 20.3. The van der Waals surface area contributed by atoms with Crippen LogP contribution < -0.4 is 4.74 Å². The number of hydrogen-bond donors (Lipinski definition) is 2. The van der Waals surface area contributed by atoms with Crippen LogP contribution in [0.1, 0.15) is 24.5 Å². The van der Waals surface area contributed by atoms with Crippen molar-refractivity contribution in [1.29, 1.82) is 0 Å². The highest BCUT2D eigenvalue weighted by Gasteiger charge is 2.42. The second-order valence-corrected chi connectivity index (χ2v) is 7.21. The van der Waals surface area contributed by atoms with Crippen LogP contribution in [0.4, 0.5) is 0 Å². The molecule has 0 spiro atoms. The Bertz CT molecular complexity index is 855. The Morgan fingerprint density at radius 1 is 1.46 bits per heavy atom. The van der Waals surface area contributed by atoms with Crippen molar-refractivity contribution in [2.24, 2.45) is 11.8 Å². The summed E-state index contributed by atoms with van der Waals surface area (Å²) >= 11 is 0. The molecule has 2 bridgehead atoms. The first-order valence-corrected chi connectivity index (χ1v) is 9.25. The standard InChI is InChI=1S/C20H24N2O2.HNO3/c1-3-13-12-22-9-7-14(13)10-19(22)20(23)16-6-8-21-18-5-4-15(24-2)11-17(16)18;2-1(3)4/h3-6,8,11,13-14,19-20,23H,1,7,9-10,12H2,2H3;(H,2,3,4)/t13-,14?,19+,20+;/m1./s1. The number of benzene rings is 1. The number of aliphatic hydroxyl groups is 1. The fraction of sp³-hybridized carbons (Fsp3) is 0.450. The molecule has 3 aliphatic heterocycles. The molecule has 3 aliphatic rings. The summed E-state index contributed by atoms with van der Waals surface area (Å²) in [4.78, 5) is 15.2. The number of ether oxygens (including phenoxy) is 1. The molecule has 150 valence electrons. The van der Waals surface area contributed by atoms with Gasteiger partial charge in [0, 0.05) is 24.2 Å². The molecule has 2 unspecified atom stereocenters. The van der Waals surface area contributed by atoms with Crippen LogP contribution >= 0.6 is 0 Å². The molecule has 3 saturated heterocycles. The zero-order valence-electron chi connectivity index (χ0n) is 15.8. The van der Waals surface area contributed by atoms with Crippen LogP contribution in [0.3, 0.4) is 0 Å². The molecule has 5 rings (SSSR count). The first kappa shape index (κ1) is 20.0. The van der Waals surface area contributed by atoms with Gasteiger partial charge in [-0.15, -0.1) is 16.7 Å². The Hall–Kier alpha value is -2.71. The normalized spacial score (nSPS) is 26.8. The minimum atomic E-state index is -1.50. The smallest absolute Gasteiger partial charge is 0.291 e. The van der Waals surface area contributed by atoms with Gasteiger partial charge < -0.3 is 15.1 Å². The minimum Gasteiger partial charge on any atom is -0.497 e. The Balaban J connectivity index is 0.000000516. The summed E-state index contributed by atoms with van der Waals surface area (Å²) in [6.07, 6.45) is 5.62. The number of pyridine rings is 1. The SMILES string of the molecule is C=C[C@@H]1CN2CCC1C[C@H]2[C@@H](O)c1ccnc2ccc(OC)cc12.O=[N+]([O-])O. The Labute approximate surface area is 163 Å². The van der Waals surface area contributed by atoms with Gasteiger partial charge in [0.2, 0.25) is 0 Å². The number of fused-ring (bicyclic) bond motifs is 4. The number of aromatic nitrogens is 1. The summed E-state index contributed by atoms with van der Waals surface area (Å²) < 4.78 is 5.35. The number of nitrogens with zero attached hydrogens (tertiary/aromatic N) is 3. The molecule has 8 nitrogen and oxygen atoms in total. The fourth-order valence-electron chi connectivity index (χ4n) is 4.44. The maximum absolute atomic E-state index is 11.2. The molecule has 5 atom stereocenters. The average molecular weight is 387 g/mol. The molecule has 0 saturated carbocycles. The van der Waals surface area contributed by atoms with Crippen LogP contribution in [0, 0.1) is 22.0 Å². The van der Waals surface area contributed by atoms with Crippen molar-refractivity contribution >= 4 is 10.9 Å². The highest BCUT2D eigenvalue weighted by molar-refractivity contribution is 5.83. The van der Waals surface area contributed by atoms with Crippen LogP contribution in [0.2, 0.25) is 0 Å². The van der Waals surface area contributed by atoms with Gasteiger partial charge >= 0.3 is 0 Å². The first-order chi connectivity index (χ1) is 13.4. The molecule has 0 radical (unpaired) electrons. The van der Waals surface area contributed by atoms with Gasteiger partial charge in [0.15, 0.2) is 0 Å². The third-order valence-electron chi connectivity index (χ3n) is 5.82. The highest BCUT2D eigenvalue weighted by atomic mass is 16.9. The predicted molar refractivity (Wildman–Crippen MR) is 104 cm³/mol. The summed E-state index contributed by atoms with van der Waals surface area (Å²) in [7, 11) is 1.66. The molecule has 0 aliphatic carbocycles. The van der Waals surface area contributed by atoms with Crippen molar-refractivity contribution in [3.8, 4) is 5.75 Å². The quantitative estimate of drug-likeness (QED) is 0.472. The van der Waals surface area contributed by atoms with Crippen molar-refractivity contribution in [3.05, 3.63) is 58.8 Å². The number of hydrogen-bond acceptors (Lipinski definition) is 6. The van der Waals surface area contributed by atoms with Crippen molar-refractivity contribution in [2.45, 2.75) is 25.0 Å². The molecule has 0 amide bonds. The lowest BCUT2D eigenvalue weighted by Crippen LogP contribution is -2.54. The van der Waals surface area contributed by atoms with Crippen LogP contribution in [0.5, 0.6) is 5.75 Å². The molecule has 3 fully saturated rings. The maximum atomic E-state index is 11.2. The molecular weight excluding hydrogens is 362 g/mol. The summed E-state index contributed by atoms with van der Waals surface area (Å²) in [5.74, 6) is 2.01. The number of piperidine rings is 3. The summed E-state index contributed by atoms with van der Waals surface area (Å²) in [5, 5.41) is 25.8. The van der Waals surface area contributed by atoms with E-state index in [-0.39, 0.29) is 6.04 Å². The van der Waals surface area contributed by atoms with Crippen LogP contribution in [0.15, 0.2) is 43.1 Å². The van der Waals surface area contributed by atoms with E-state index in [1.54, 1.807) is 13.3 Å². The molecule has 1 aromatic carbocycles.